The molecule has 1 saturated carbocycles. The van der Waals surface area contributed by atoms with Crippen LogP contribution in [0.2, 0.25) is 5.02 Å². The van der Waals surface area contributed by atoms with Crippen LogP contribution in [0.25, 0.3) is 0 Å². The highest BCUT2D eigenvalue weighted by atomic mass is 35.5. The lowest BCUT2D eigenvalue weighted by molar-refractivity contribution is -0.146. The molecule has 4 rings (SSSR count). The molecule has 1 aromatic carbocycles. The van der Waals surface area contributed by atoms with Crippen molar-refractivity contribution in [2.75, 3.05) is 5.32 Å². The molecule has 0 spiro atoms. The summed E-state index contributed by atoms with van der Waals surface area (Å²) >= 11 is 6.19. The van der Waals surface area contributed by atoms with Crippen LogP contribution in [0.1, 0.15) is 50.6 Å². The Kier molecular flexibility index (Phi) is 4.68. The Bertz CT molecular complexity index is 855. The fourth-order valence-corrected chi connectivity index (χ4v) is 3.94. The maximum absolute atomic E-state index is 13.1. The quantitative estimate of drug-likeness (QED) is 0.821. The first-order valence-electron chi connectivity index (χ1n) is 8.97. The van der Waals surface area contributed by atoms with Crippen molar-refractivity contribution < 1.29 is 9.53 Å². The molecule has 1 atom stereocenters. The second kappa shape index (κ2) is 7.11. The SMILES string of the molecule is CC1=C(C(=O)OC2CCCCC2)C(c2cccc(Cl)c2)n2ncnc2N1. The number of halogens is 1. The van der Waals surface area contributed by atoms with E-state index in [1.807, 2.05) is 31.2 Å². The smallest absolute Gasteiger partial charge is 0.338 e. The Hall–Kier alpha value is -2.34. The summed E-state index contributed by atoms with van der Waals surface area (Å²) in [6.07, 6.45) is 6.77. The van der Waals surface area contributed by atoms with Crippen LogP contribution in [0.15, 0.2) is 41.9 Å². The molecule has 2 aliphatic rings. The Morgan fingerprint density at radius 3 is 2.88 bits per heavy atom. The van der Waals surface area contributed by atoms with Gasteiger partial charge < -0.3 is 10.1 Å². The van der Waals surface area contributed by atoms with E-state index in [4.69, 9.17) is 16.3 Å². The van der Waals surface area contributed by atoms with Gasteiger partial charge in [0.1, 0.15) is 18.5 Å². The van der Waals surface area contributed by atoms with E-state index in [1.54, 1.807) is 4.68 Å². The number of rotatable bonds is 3. The third kappa shape index (κ3) is 3.21. The van der Waals surface area contributed by atoms with Crippen molar-refractivity contribution in [1.29, 1.82) is 0 Å². The van der Waals surface area contributed by atoms with Gasteiger partial charge >= 0.3 is 5.97 Å². The Balaban J connectivity index is 1.71. The number of hydrogen-bond donors (Lipinski definition) is 1. The first kappa shape index (κ1) is 17.1. The van der Waals surface area contributed by atoms with E-state index in [1.165, 1.54) is 12.7 Å². The minimum atomic E-state index is -0.413. The van der Waals surface area contributed by atoms with Crippen molar-refractivity contribution >= 4 is 23.5 Å². The molecule has 0 radical (unpaired) electrons. The van der Waals surface area contributed by atoms with Gasteiger partial charge in [-0.25, -0.2) is 9.48 Å². The largest absolute Gasteiger partial charge is 0.459 e. The predicted molar refractivity (Wildman–Crippen MR) is 98.9 cm³/mol. The van der Waals surface area contributed by atoms with E-state index < -0.39 is 6.04 Å². The van der Waals surface area contributed by atoms with Crippen LogP contribution in [-0.4, -0.2) is 26.8 Å². The number of ether oxygens (including phenoxy) is 1. The Labute approximate surface area is 157 Å². The summed E-state index contributed by atoms with van der Waals surface area (Å²) in [6, 6.07) is 7.06. The minimum absolute atomic E-state index is 0.00583. The number of carbonyl (C=O) groups is 1. The van der Waals surface area contributed by atoms with Gasteiger partial charge in [0, 0.05) is 10.7 Å². The van der Waals surface area contributed by atoms with Gasteiger partial charge in [-0.2, -0.15) is 10.1 Å². The van der Waals surface area contributed by atoms with Gasteiger partial charge in [-0.05, 0) is 50.3 Å². The zero-order valence-corrected chi connectivity index (χ0v) is 15.4. The number of anilines is 1. The molecule has 1 N–H and O–H groups in total. The van der Waals surface area contributed by atoms with Crippen molar-refractivity contribution in [3.8, 4) is 0 Å². The number of hydrogen-bond acceptors (Lipinski definition) is 5. The van der Waals surface area contributed by atoms with Crippen molar-refractivity contribution in [1.82, 2.24) is 14.8 Å². The van der Waals surface area contributed by atoms with Gasteiger partial charge in [0.2, 0.25) is 5.95 Å². The molecule has 0 bridgehead atoms. The molecule has 1 aliphatic heterocycles. The number of fused-ring (bicyclic) bond motifs is 1. The van der Waals surface area contributed by atoms with Crippen LogP contribution in [0.5, 0.6) is 0 Å². The highest BCUT2D eigenvalue weighted by molar-refractivity contribution is 6.30. The molecular formula is C19H21ClN4O2. The number of benzene rings is 1. The molecule has 0 amide bonds. The van der Waals surface area contributed by atoms with Crippen LogP contribution in [0.4, 0.5) is 5.95 Å². The first-order valence-corrected chi connectivity index (χ1v) is 9.35. The van der Waals surface area contributed by atoms with Crippen LogP contribution < -0.4 is 5.32 Å². The second-order valence-corrected chi connectivity index (χ2v) is 7.25. The van der Waals surface area contributed by atoms with Gasteiger partial charge in [-0.3, -0.25) is 0 Å². The molecule has 1 unspecified atom stereocenters. The molecule has 0 saturated heterocycles. The molecular weight excluding hydrogens is 352 g/mol. The van der Waals surface area contributed by atoms with E-state index in [-0.39, 0.29) is 12.1 Å². The van der Waals surface area contributed by atoms with Crippen molar-refractivity contribution in [2.24, 2.45) is 0 Å². The van der Waals surface area contributed by atoms with E-state index in [0.717, 1.165) is 36.9 Å². The third-order valence-corrected chi connectivity index (χ3v) is 5.24. The van der Waals surface area contributed by atoms with Crippen LogP contribution >= 0.6 is 11.6 Å². The number of nitrogens with zero attached hydrogens (tertiary/aromatic N) is 3. The van der Waals surface area contributed by atoms with Crippen LogP contribution in [-0.2, 0) is 9.53 Å². The maximum atomic E-state index is 13.1. The third-order valence-electron chi connectivity index (χ3n) is 5.00. The van der Waals surface area contributed by atoms with E-state index in [2.05, 4.69) is 15.4 Å². The molecule has 2 aromatic rings. The molecule has 136 valence electrons. The van der Waals surface area contributed by atoms with Gasteiger partial charge in [0.05, 0.1) is 5.57 Å². The van der Waals surface area contributed by atoms with E-state index >= 15 is 0 Å². The summed E-state index contributed by atoms with van der Waals surface area (Å²) < 4.78 is 7.55. The van der Waals surface area contributed by atoms with Gasteiger partial charge in [-0.15, -0.1) is 0 Å². The molecule has 1 aliphatic carbocycles. The lowest BCUT2D eigenvalue weighted by Gasteiger charge is -2.30. The summed E-state index contributed by atoms with van der Waals surface area (Å²) in [5.74, 6) is 0.301. The lowest BCUT2D eigenvalue weighted by atomic mass is 9.95. The van der Waals surface area contributed by atoms with Crippen LogP contribution in [0.3, 0.4) is 0 Å². The maximum Gasteiger partial charge on any atom is 0.338 e. The molecule has 7 heteroatoms. The lowest BCUT2D eigenvalue weighted by Crippen LogP contribution is -2.32. The van der Waals surface area contributed by atoms with Gasteiger partial charge in [-0.1, -0.05) is 30.2 Å². The first-order chi connectivity index (χ1) is 12.6. The van der Waals surface area contributed by atoms with Crippen molar-refractivity contribution in [2.45, 2.75) is 51.2 Å². The number of esters is 1. The normalized spacial score (nSPS) is 20.5. The summed E-state index contributed by atoms with van der Waals surface area (Å²) in [5, 5.41) is 8.09. The number of allylic oxidation sites excluding steroid dienone is 1. The van der Waals surface area contributed by atoms with Crippen molar-refractivity contribution in [3.63, 3.8) is 0 Å². The number of nitrogens with one attached hydrogen (secondary N) is 1. The topological polar surface area (TPSA) is 69.0 Å². The number of carbonyl (C=O) groups excluding carboxylic acids is 1. The fraction of sp³-hybridized carbons (Fsp3) is 0.421. The number of aromatic nitrogens is 3. The average molecular weight is 373 g/mol. The molecule has 26 heavy (non-hydrogen) atoms. The summed E-state index contributed by atoms with van der Waals surface area (Å²) in [6.45, 7) is 1.87. The standard InChI is InChI=1S/C19H21ClN4O2/c1-12-16(18(25)26-15-8-3-2-4-9-15)17(13-6-5-7-14(20)10-13)24-19(23-12)21-11-22-24/h5-7,10-11,15,17H,2-4,8-9H2,1H3,(H,21,22,23). The molecule has 2 heterocycles. The highest BCUT2D eigenvalue weighted by Gasteiger charge is 2.35. The van der Waals surface area contributed by atoms with Gasteiger partial charge in [0.15, 0.2) is 0 Å². The monoisotopic (exact) mass is 372 g/mol. The molecule has 1 fully saturated rings. The zero-order chi connectivity index (χ0) is 18.1. The second-order valence-electron chi connectivity index (χ2n) is 6.81. The van der Waals surface area contributed by atoms with Crippen LogP contribution in [0, 0.1) is 0 Å². The minimum Gasteiger partial charge on any atom is -0.459 e. The fourth-order valence-electron chi connectivity index (χ4n) is 3.74. The van der Waals surface area contributed by atoms with Gasteiger partial charge in [0.25, 0.3) is 0 Å². The predicted octanol–water partition coefficient (Wildman–Crippen LogP) is 4.10. The summed E-state index contributed by atoms with van der Waals surface area (Å²) in [5.41, 5.74) is 2.16. The Morgan fingerprint density at radius 1 is 1.31 bits per heavy atom. The van der Waals surface area contributed by atoms with Crippen molar-refractivity contribution in [3.05, 3.63) is 52.4 Å². The Morgan fingerprint density at radius 2 is 2.12 bits per heavy atom. The molecule has 1 aromatic heterocycles. The molecule has 6 nitrogen and oxygen atoms in total. The zero-order valence-electron chi connectivity index (χ0n) is 14.6. The highest BCUT2D eigenvalue weighted by Crippen LogP contribution is 2.36. The average Bonchev–Trinajstić information content (AvgIpc) is 3.09. The summed E-state index contributed by atoms with van der Waals surface area (Å²) in [4.78, 5) is 17.3. The summed E-state index contributed by atoms with van der Waals surface area (Å²) in [7, 11) is 0. The van der Waals surface area contributed by atoms with E-state index in [0.29, 0.717) is 16.5 Å². The van der Waals surface area contributed by atoms with E-state index in [9.17, 15) is 4.79 Å².